The highest BCUT2D eigenvalue weighted by molar-refractivity contribution is 6.32. The van der Waals surface area contributed by atoms with Crippen LogP contribution in [0.2, 0.25) is 5.02 Å². The number of aromatic amines is 1. The SMILES string of the molecule is COc1cc(-c2cc(NC(=O)CCCN3CCCCC3)[nH]n2)cc(Cl)c1OCC1CC1. The Hall–Kier alpha value is -2.25. The quantitative estimate of drug-likeness (QED) is 0.551. The number of hydrogen-bond acceptors (Lipinski definition) is 5. The molecule has 0 spiro atoms. The van der Waals surface area contributed by atoms with Crippen LogP contribution in [0.4, 0.5) is 5.82 Å². The number of anilines is 1. The molecule has 1 aliphatic heterocycles. The number of halogens is 1. The number of hydrogen-bond donors (Lipinski definition) is 2. The van der Waals surface area contributed by atoms with Gasteiger partial charge in [-0.2, -0.15) is 5.10 Å². The summed E-state index contributed by atoms with van der Waals surface area (Å²) >= 11 is 6.46. The van der Waals surface area contributed by atoms with E-state index in [0.717, 1.165) is 31.6 Å². The number of benzene rings is 1. The zero-order chi connectivity index (χ0) is 21.6. The monoisotopic (exact) mass is 446 g/mol. The third-order valence-corrected chi connectivity index (χ3v) is 6.15. The van der Waals surface area contributed by atoms with Gasteiger partial charge < -0.3 is 19.7 Å². The Bertz CT molecular complexity index is 891. The van der Waals surface area contributed by atoms with E-state index in [1.54, 1.807) is 13.2 Å². The van der Waals surface area contributed by atoms with Crippen LogP contribution in [0.3, 0.4) is 0 Å². The second kappa shape index (κ2) is 10.4. The molecule has 0 bridgehead atoms. The molecule has 1 amide bonds. The summed E-state index contributed by atoms with van der Waals surface area (Å²) in [6.45, 7) is 3.95. The molecule has 31 heavy (non-hydrogen) atoms. The van der Waals surface area contributed by atoms with E-state index in [-0.39, 0.29) is 5.91 Å². The van der Waals surface area contributed by atoms with Gasteiger partial charge in [-0.15, -0.1) is 0 Å². The van der Waals surface area contributed by atoms with Gasteiger partial charge in [0.1, 0.15) is 5.82 Å². The lowest BCUT2D eigenvalue weighted by Crippen LogP contribution is -2.31. The Labute approximate surface area is 188 Å². The minimum absolute atomic E-state index is 0.00773. The average molecular weight is 447 g/mol. The van der Waals surface area contributed by atoms with Crippen molar-refractivity contribution < 1.29 is 14.3 Å². The van der Waals surface area contributed by atoms with E-state index in [1.165, 1.54) is 32.1 Å². The predicted octanol–water partition coefficient (Wildman–Crippen LogP) is 4.73. The van der Waals surface area contributed by atoms with Crippen LogP contribution >= 0.6 is 11.6 Å². The number of likely N-dealkylation sites (tertiary alicyclic amines) is 1. The number of rotatable bonds is 10. The molecule has 0 unspecified atom stereocenters. The van der Waals surface area contributed by atoms with Crippen molar-refractivity contribution >= 4 is 23.3 Å². The maximum atomic E-state index is 12.3. The fraction of sp³-hybridized carbons (Fsp3) is 0.565. The zero-order valence-electron chi connectivity index (χ0n) is 18.1. The first-order valence-corrected chi connectivity index (χ1v) is 11.6. The second-order valence-electron chi connectivity index (χ2n) is 8.46. The Kier molecular flexibility index (Phi) is 7.35. The molecule has 7 nitrogen and oxygen atoms in total. The summed E-state index contributed by atoms with van der Waals surface area (Å²) in [5.41, 5.74) is 1.47. The predicted molar refractivity (Wildman–Crippen MR) is 122 cm³/mol. The molecule has 2 aromatic rings. The summed E-state index contributed by atoms with van der Waals surface area (Å²) in [6.07, 6.45) is 7.64. The number of H-pyrrole nitrogens is 1. The summed E-state index contributed by atoms with van der Waals surface area (Å²) in [5, 5.41) is 10.6. The van der Waals surface area contributed by atoms with Gasteiger partial charge in [0.05, 0.1) is 24.4 Å². The van der Waals surface area contributed by atoms with Crippen LogP contribution in [-0.4, -0.2) is 54.4 Å². The van der Waals surface area contributed by atoms with Crippen molar-refractivity contribution in [3.63, 3.8) is 0 Å². The molecule has 2 heterocycles. The maximum absolute atomic E-state index is 12.3. The van der Waals surface area contributed by atoms with E-state index in [4.69, 9.17) is 21.1 Å². The maximum Gasteiger partial charge on any atom is 0.225 e. The van der Waals surface area contributed by atoms with Gasteiger partial charge in [0.2, 0.25) is 5.91 Å². The van der Waals surface area contributed by atoms with Gasteiger partial charge in [0, 0.05) is 18.1 Å². The lowest BCUT2D eigenvalue weighted by Gasteiger charge is -2.26. The number of carbonyl (C=O) groups is 1. The molecule has 1 aromatic heterocycles. The summed E-state index contributed by atoms with van der Waals surface area (Å²) in [6, 6.07) is 5.47. The molecular weight excluding hydrogens is 416 g/mol. The van der Waals surface area contributed by atoms with E-state index >= 15 is 0 Å². The fourth-order valence-electron chi connectivity index (χ4n) is 3.89. The first-order valence-electron chi connectivity index (χ1n) is 11.2. The topological polar surface area (TPSA) is 79.5 Å². The van der Waals surface area contributed by atoms with Crippen molar-refractivity contribution in [3.8, 4) is 22.8 Å². The van der Waals surface area contributed by atoms with Gasteiger partial charge in [0.15, 0.2) is 11.5 Å². The lowest BCUT2D eigenvalue weighted by atomic mass is 10.1. The van der Waals surface area contributed by atoms with E-state index in [1.807, 2.05) is 12.1 Å². The number of carbonyl (C=O) groups excluding carboxylic acids is 1. The van der Waals surface area contributed by atoms with E-state index in [0.29, 0.717) is 47.0 Å². The number of ether oxygens (including phenoxy) is 2. The molecule has 168 valence electrons. The third kappa shape index (κ3) is 6.14. The zero-order valence-corrected chi connectivity index (χ0v) is 18.8. The van der Waals surface area contributed by atoms with Crippen LogP contribution in [0, 0.1) is 5.92 Å². The number of nitrogens with one attached hydrogen (secondary N) is 2. The molecule has 8 heteroatoms. The Morgan fingerprint density at radius 3 is 2.81 bits per heavy atom. The Morgan fingerprint density at radius 2 is 2.06 bits per heavy atom. The molecule has 4 rings (SSSR count). The standard InChI is InChI=1S/C23H31ClN4O3/c1-30-20-13-17(12-18(24)23(20)31-15-16-7-8-16)19-14-21(27-26-19)25-22(29)6-5-11-28-9-3-2-4-10-28/h12-14,16H,2-11,15H2,1H3,(H2,25,26,27,29). The van der Waals surface area contributed by atoms with Crippen molar-refractivity contribution in [2.45, 2.75) is 44.9 Å². The van der Waals surface area contributed by atoms with Gasteiger partial charge >= 0.3 is 0 Å². The average Bonchev–Trinajstić information content (AvgIpc) is 3.49. The van der Waals surface area contributed by atoms with Crippen LogP contribution in [0.25, 0.3) is 11.3 Å². The van der Waals surface area contributed by atoms with Crippen LogP contribution in [0.1, 0.15) is 44.9 Å². The van der Waals surface area contributed by atoms with Gasteiger partial charge in [-0.3, -0.25) is 9.89 Å². The Balaban J connectivity index is 1.33. The number of piperidine rings is 1. The van der Waals surface area contributed by atoms with Gasteiger partial charge in [-0.05, 0) is 69.8 Å². The number of nitrogens with zero attached hydrogens (tertiary/aromatic N) is 2. The molecule has 1 saturated heterocycles. The normalized spacial score (nSPS) is 16.8. The van der Waals surface area contributed by atoms with Crippen molar-refractivity contribution in [1.29, 1.82) is 0 Å². The fourth-order valence-corrected chi connectivity index (χ4v) is 4.15. The highest BCUT2D eigenvalue weighted by atomic mass is 35.5. The molecule has 2 aliphatic rings. The molecule has 1 aliphatic carbocycles. The highest BCUT2D eigenvalue weighted by Gasteiger charge is 2.24. The molecule has 2 fully saturated rings. The van der Waals surface area contributed by atoms with Crippen LogP contribution < -0.4 is 14.8 Å². The molecule has 1 aromatic carbocycles. The van der Waals surface area contributed by atoms with E-state index < -0.39 is 0 Å². The summed E-state index contributed by atoms with van der Waals surface area (Å²) in [4.78, 5) is 14.7. The second-order valence-corrected chi connectivity index (χ2v) is 8.87. The van der Waals surface area contributed by atoms with Crippen molar-refractivity contribution in [2.75, 3.05) is 38.7 Å². The minimum atomic E-state index is -0.00773. The highest BCUT2D eigenvalue weighted by Crippen LogP contribution is 2.41. The molecule has 1 saturated carbocycles. The molecule has 2 N–H and O–H groups in total. The molecular formula is C23H31ClN4O3. The molecule has 0 radical (unpaired) electrons. The van der Waals surface area contributed by atoms with Crippen molar-refractivity contribution in [1.82, 2.24) is 15.1 Å². The van der Waals surface area contributed by atoms with Crippen LogP contribution in [-0.2, 0) is 4.79 Å². The summed E-state index contributed by atoms with van der Waals surface area (Å²) in [7, 11) is 1.60. The first kappa shape index (κ1) is 22.0. The number of aromatic nitrogens is 2. The number of amides is 1. The first-order chi connectivity index (χ1) is 15.1. The molecule has 0 atom stereocenters. The number of methoxy groups -OCH3 is 1. The Morgan fingerprint density at radius 1 is 1.26 bits per heavy atom. The van der Waals surface area contributed by atoms with E-state index in [9.17, 15) is 4.79 Å². The third-order valence-electron chi connectivity index (χ3n) is 5.86. The summed E-state index contributed by atoms with van der Waals surface area (Å²) in [5.74, 6) is 2.33. The van der Waals surface area contributed by atoms with Crippen LogP contribution in [0.5, 0.6) is 11.5 Å². The van der Waals surface area contributed by atoms with Gasteiger partial charge in [0.25, 0.3) is 0 Å². The lowest BCUT2D eigenvalue weighted by molar-refractivity contribution is -0.116. The van der Waals surface area contributed by atoms with Crippen molar-refractivity contribution in [3.05, 3.63) is 23.2 Å². The smallest absolute Gasteiger partial charge is 0.225 e. The van der Waals surface area contributed by atoms with E-state index in [2.05, 4.69) is 20.4 Å². The minimum Gasteiger partial charge on any atom is -0.493 e. The largest absolute Gasteiger partial charge is 0.493 e. The van der Waals surface area contributed by atoms with Crippen molar-refractivity contribution in [2.24, 2.45) is 5.92 Å². The summed E-state index contributed by atoms with van der Waals surface area (Å²) < 4.78 is 11.4. The van der Waals surface area contributed by atoms with Gasteiger partial charge in [-0.25, -0.2) is 0 Å². The van der Waals surface area contributed by atoms with Crippen LogP contribution in [0.15, 0.2) is 18.2 Å². The van der Waals surface area contributed by atoms with Gasteiger partial charge in [-0.1, -0.05) is 18.0 Å².